The lowest BCUT2D eigenvalue weighted by atomic mass is 10.1. The number of nitrogens with zero attached hydrogens (tertiary/aromatic N) is 1. The molecule has 0 atom stereocenters. The summed E-state index contributed by atoms with van der Waals surface area (Å²) >= 11 is 0. The molecular formula is C18H28N2O3. The molecule has 5 heteroatoms. The molecule has 1 rings (SSSR count). The molecule has 0 radical (unpaired) electrons. The van der Waals surface area contributed by atoms with E-state index in [1.54, 1.807) is 12.0 Å². The van der Waals surface area contributed by atoms with Gasteiger partial charge in [-0.15, -0.1) is 0 Å². The van der Waals surface area contributed by atoms with Gasteiger partial charge in [-0.1, -0.05) is 26.0 Å². The molecule has 0 fully saturated rings. The summed E-state index contributed by atoms with van der Waals surface area (Å²) in [6, 6.07) is 7.77. The Morgan fingerprint density at radius 1 is 1.22 bits per heavy atom. The van der Waals surface area contributed by atoms with Crippen LogP contribution in [-0.2, 0) is 16.0 Å². The summed E-state index contributed by atoms with van der Waals surface area (Å²) in [4.78, 5) is 25.1. The second-order valence-electron chi connectivity index (χ2n) is 6.07. The average molecular weight is 320 g/mol. The van der Waals surface area contributed by atoms with Crippen LogP contribution in [0.1, 0.15) is 32.8 Å². The van der Waals surface area contributed by atoms with E-state index in [0.29, 0.717) is 19.0 Å². The molecule has 128 valence electrons. The highest BCUT2D eigenvalue weighted by Crippen LogP contribution is 2.11. The highest BCUT2D eigenvalue weighted by Gasteiger charge is 2.13. The van der Waals surface area contributed by atoms with Crippen molar-refractivity contribution in [2.24, 2.45) is 5.92 Å². The Morgan fingerprint density at radius 2 is 1.87 bits per heavy atom. The number of amides is 2. The Labute approximate surface area is 139 Å². The number of benzene rings is 1. The van der Waals surface area contributed by atoms with Gasteiger partial charge < -0.3 is 15.0 Å². The first-order chi connectivity index (χ1) is 10.9. The summed E-state index contributed by atoms with van der Waals surface area (Å²) in [6.45, 7) is 7.02. The van der Waals surface area contributed by atoms with Crippen molar-refractivity contribution in [1.82, 2.24) is 10.2 Å². The van der Waals surface area contributed by atoms with E-state index in [1.165, 1.54) is 6.92 Å². The summed E-state index contributed by atoms with van der Waals surface area (Å²) < 4.78 is 5.11. The van der Waals surface area contributed by atoms with Crippen LogP contribution in [-0.4, -0.2) is 43.5 Å². The Kier molecular flexibility index (Phi) is 8.16. The Hall–Kier alpha value is -2.04. The zero-order valence-electron chi connectivity index (χ0n) is 14.6. The van der Waals surface area contributed by atoms with Gasteiger partial charge in [-0.3, -0.25) is 9.59 Å². The lowest BCUT2D eigenvalue weighted by molar-refractivity contribution is -0.134. The lowest BCUT2D eigenvalue weighted by Gasteiger charge is -2.21. The van der Waals surface area contributed by atoms with Gasteiger partial charge in [-0.25, -0.2) is 0 Å². The molecule has 0 heterocycles. The standard InChI is InChI=1S/C18H28N2O3/c1-14(2)10-12-20(15(3)21)13-18(22)19-11-9-16-5-7-17(23-4)8-6-16/h5-8,14H,9-13H2,1-4H3,(H,19,22). The maximum absolute atomic E-state index is 12.0. The number of carbonyl (C=O) groups excluding carboxylic acids is 2. The van der Waals surface area contributed by atoms with E-state index in [2.05, 4.69) is 19.2 Å². The normalized spacial score (nSPS) is 10.5. The molecular weight excluding hydrogens is 292 g/mol. The van der Waals surface area contributed by atoms with Crippen molar-refractivity contribution < 1.29 is 14.3 Å². The van der Waals surface area contributed by atoms with Crippen LogP contribution in [0.4, 0.5) is 0 Å². The molecule has 0 aliphatic heterocycles. The fourth-order valence-corrected chi connectivity index (χ4v) is 2.13. The fraction of sp³-hybridized carbons (Fsp3) is 0.556. The minimum atomic E-state index is -0.113. The molecule has 0 spiro atoms. The van der Waals surface area contributed by atoms with Gasteiger partial charge in [0.1, 0.15) is 5.75 Å². The van der Waals surface area contributed by atoms with E-state index in [9.17, 15) is 9.59 Å². The number of carbonyl (C=O) groups is 2. The SMILES string of the molecule is COc1ccc(CCNC(=O)CN(CCC(C)C)C(C)=O)cc1. The second-order valence-corrected chi connectivity index (χ2v) is 6.07. The van der Waals surface area contributed by atoms with Crippen LogP contribution in [0, 0.1) is 5.92 Å². The zero-order chi connectivity index (χ0) is 17.2. The van der Waals surface area contributed by atoms with E-state index in [0.717, 1.165) is 24.2 Å². The molecule has 0 unspecified atom stereocenters. The molecule has 1 aromatic rings. The lowest BCUT2D eigenvalue weighted by Crippen LogP contribution is -2.41. The number of methoxy groups -OCH3 is 1. The second kappa shape index (κ2) is 9.87. The van der Waals surface area contributed by atoms with Crippen LogP contribution in [0.5, 0.6) is 5.75 Å². The first-order valence-electron chi connectivity index (χ1n) is 8.07. The molecule has 0 aliphatic rings. The van der Waals surface area contributed by atoms with Gasteiger partial charge in [0.25, 0.3) is 0 Å². The van der Waals surface area contributed by atoms with Gasteiger partial charge in [-0.2, -0.15) is 0 Å². The molecule has 0 saturated heterocycles. The van der Waals surface area contributed by atoms with Crippen molar-refractivity contribution in [3.05, 3.63) is 29.8 Å². The van der Waals surface area contributed by atoms with Gasteiger partial charge in [0.2, 0.25) is 11.8 Å². The predicted octanol–water partition coefficient (Wildman–Crippen LogP) is 2.25. The Balaban J connectivity index is 2.35. The van der Waals surface area contributed by atoms with Crippen LogP contribution in [0.2, 0.25) is 0 Å². The average Bonchev–Trinajstić information content (AvgIpc) is 2.51. The highest BCUT2D eigenvalue weighted by molar-refractivity contribution is 5.83. The fourth-order valence-electron chi connectivity index (χ4n) is 2.13. The van der Waals surface area contributed by atoms with Crippen molar-refractivity contribution in [2.45, 2.75) is 33.6 Å². The number of hydrogen-bond donors (Lipinski definition) is 1. The maximum atomic E-state index is 12.0. The third kappa shape index (κ3) is 7.68. The van der Waals surface area contributed by atoms with Crippen molar-refractivity contribution in [2.75, 3.05) is 26.7 Å². The van der Waals surface area contributed by atoms with E-state index >= 15 is 0 Å². The zero-order valence-corrected chi connectivity index (χ0v) is 14.6. The van der Waals surface area contributed by atoms with Gasteiger partial charge in [0.05, 0.1) is 13.7 Å². The summed E-state index contributed by atoms with van der Waals surface area (Å²) in [6.07, 6.45) is 1.65. The van der Waals surface area contributed by atoms with Gasteiger partial charge in [-0.05, 0) is 36.5 Å². The van der Waals surface area contributed by atoms with Gasteiger partial charge in [0, 0.05) is 20.0 Å². The molecule has 0 saturated carbocycles. The minimum absolute atomic E-state index is 0.0593. The van der Waals surface area contributed by atoms with Gasteiger partial charge >= 0.3 is 0 Å². The third-order valence-corrected chi connectivity index (χ3v) is 3.65. The van der Waals surface area contributed by atoms with Crippen molar-refractivity contribution in [3.8, 4) is 5.75 Å². The van der Waals surface area contributed by atoms with Crippen molar-refractivity contribution in [1.29, 1.82) is 0 Å². The highest BCUT2D eigenvalue weighted by atomic mass is 16.5. The van der Waals surface area contributed by atoms with Gasteiger partial charge in [0.15, 0.2) is 0 Å². The van der Waals surface area contributed by atoms with Crippen molar-refractivity contribution in [3.63, 3.8) is 0 Å². The van der Waals surface area contributed by atoms with Crippen LogP contribution < -0.4 is 10.1 Å². The van der Waals surface area contributed by atoms with Crippen LogP contribution in [0.25, 0.3) is 0 Å². The van der Waals surface area contributed by atoms with E-state index in [-0.39, 0.29) is 18.4 Å². The number of hydrogen-bond acceptors (Lipinski definition) is 3. The smallest absolute Gasteiger partial charge is 0.239 e. The summed E-state index contributed by atoms with van der Waals surface area (Å²) in [5.74, 6) is 1.16. The minimum Gasteiger partial charge on any atom is -0.497 e. The van der Waals surface area contributed by atoms with E-state index in [4.69, 9.17) is 4.74 Å². The third-order valence-electron chi connectivity index (χ3n) is 3.65. The molecule has 0 aliphatic carbocycles. The summed E-state index contributed by atoms with van der Waals surface area (Å²) in [7, 11) is 1.63. The topological polar surface area (TPSA) is 58.6 Å². The molecule has 1 N–H and O–H groups in total. The molecule has 1 aromatic carbocycles. The van der Waals surface area contributed by atoms with Crippen molar-refractivity contribution >= 4 is 11.8 Å². The first-order valence-corrected chi connectivity index (χ1v) is 8.07. The largest absolute Gasteiger partial charge is 0.497 e. The van der Waals surface area contributed by atoms with E-state index in [1.807, 2.05) is 24.3 Å². The predicted molar refractivity (Wildman–Crippen MR) is 91.4 cm³/mol. The van der Waals surface area contributed by atoms with Crippen LogP contribution in [0.15, 0.2) is 24.3 Å². The molecule has 0 bridgehead atoms. The Bertz CT molecular complexity index is 497. The maximum Gasteiger partial charge on any atom is 0.239 e. The molecule has 23 heavy (non-hydrogen) atoms. The summed E-state index contributed by atoms with van der Waals surface area (Å²) in [5, 5.41) is 2.87. The number of rotatable bonds is 9. The van der Waals surface area contributed by atoms with E-state index < -0.39 is 0 Å². The quantitative estimate of drug-likeness (QED) is 0.759. The summed E-state index contributed by atoms with van der Waals surface area (Å²) in [5.41, 5.74) is 1.13. The number of nitrogens with one attached hydrogen (secondary N) is 1. The molecule has 0 aromatic heterocycles. The van der Waals surface area contributed by atoms with Crippen LogP contribution in [0.3, 0.4) is 0 Å². The first kappa shape index (κ1) is 19.0. The van der Waals surface area contributed by atoms with Crippen LogP contribution >= 0.6 is 0 Å². The molecule has 5 nitrogen and oxygen atoms in total. The number of ether oxygens (including phenoxy) is 1. The Morgan fingerprint density at radius 3 is 2.39 bits per heavy atom. The monoisotopic (exact) mass is 320 g/mol. The molecule has 2 amide bonds.